The molecule has 1 heterocycles. The Bertz CT molecular complexity index is 447. The molecule has 0 bridgehead atoms. The Balaban J connectivity index is 2.11. The van der Waals surface area contributed by atoms with E-state index in [-0.39, 0.29) is 12.0 Å². The number of carbonyl (C=O) groups excluding carboxylic acids is 1. The fourth-order valence-electron chi connectivity index (χ4n) is 2.21. The average Bonchev–Trinajstić information content (AvgIpc) is 2.77. The van der Waals surface area contributed by atoms with E-state index >= 15 is 0 Å². The number of benzene rings is 1. The zero-order valence-electron chi connectivity index (χ0n) is 10.7. The van der Waals surface area contributed by atoms with Gasteiger partial charge in [0.05, 0.1) is 0 Å². The molecule has 1 aliphatic heterocycles. The van der Waals surface area contributed by atoms with Crippen molar-refractivity contribution in [2.75, 3.05) is 11.9 Å². The third-order valence-electron chi connectivity index (χ3n) is 3.35. The number of aryl methyl sites for hydroxylation is 1. The third-order valence-corrected chi connectivity index (χ3v) is 3.85. The molecule has 0 radical (unpaired) electrons. The summed E-state index contributed by atoms with van der Waals surface area (Å²) in [7, 11) is 0. The van der Waals surface area contributed by atoms with Crippen LogP contribution in [0.3, 0.4) is 0 Å². The van der Waals surface area contributed by atoms with E-state index in [2.05, 4.69) is 35.1 Å². The lowest BCUT2D eigenvalue weighted by Gasteiger charge is -2.16. The van der Waals surface area contributed by atoms with Gasteiger partial charge in [0.15, 0.2) is 0 Å². The summed E-state index contributed by atoms with van der Waals surface area (Å²) in [4.78, 5) is 12.1. The van der Waals surface area contributed by atoms with Gasteiger partial charge in [-0.25, -0.2) is 0 Å². The van der Waals surface area contributed by atoms with Crippen molar-refractivity contribution in [2.45, 2.75) is 32.8 Å². The Morgan fingerprint density at radius 1 is 1.56 bits per heavy atom. The minimum Gasteiger partial charge on any atom is -0.368 e. The van der Waals surface area contributed by atoms with Crippen LogP contribution in [0.25, 0.3) is 0 Å². The lowest BCUT2D eigenvalue weighted by molar-refractivity contribution is -0.126. The van der Waals surface area contributed by atoms with Crippen molar-refractivity contribution >= 4 is 27.5 Å². The number of anilines is 1. The molecule has 1 saturated heterocycles. The second kappa shape index (κ2) is 5.85. The van der Waals surface area contributed by atoms with Gasteiger partial charge >= 0.3 is 0 Å². The van der Waals surface area contributed by atoms with Crippen molar-refractivity contribution < 1.29 is 9.53 Å². The molecule has 0 aromatic heterocycles. The van der Waals surface area contributed by atoms with Gasteiger partial charge < -0.3 is 10.1 Å². The highest BCUT2D eigenvalue weighted by Crippen LogP contribution is 2.25. The fourth-order valence-corrected chi connectivity index (χ4v) is 2.62. The zero-order chi connectivity index (χ0) is 13.1. The summed E-state index contributed by atoms with van der Waals surface area (Å²) in [6.07, 6.45) is 1.54. The van der Waals surface area contributed by atoms with Crippen LogP contribution in [-0.2, 0) is 16.0 Å². The van der Waals surface area contributed by atoms with Crippen molar-refractivity contribution in [3.05, 3.63) is 28.2 Å². The number of hydrogen-bond acceptors (Lipinski definition) is 2. The molecule has 1 amide bonds. The lowest BCUT2D eigenvalue weighted by Crippen LogP contribution is -2.31. The molecule has 1 N–H and O–H groups in total. The van der Waals surface area contributed by atoms with Gasteiger partial charge in [0.2, 0.25) is 0 Å². The van der Waals surface area contributed by atoms with E-state index in [1.54, 1.807) is 0 Å². The van der Waals surface area contributed by atoms with Gasteiger partial charge in [0, 0.05) is 16.8 Å². The molecule has 3 nitrogen and oxygen atoms in total. The van der Waals surface area contributed by atoms with E-state index < -0.39 is 0 Å². The van der Waals surface area contributed by atoms with Gasteiger partial charge in [-0.05, 0) is 42.5 Å². The monoisotopic (exact) mass is 311 g/mol. The van der Waals surface area contributed by atoms with E-state index in [0.717, 1.165) is 28.6 Å². The van der Waals surface area contributed by atoms with Gasteiger partial charge in [-0.3, -0.25) is 4.79 Å². The van der Waals surface area contributed by atoms with E-state index in [1.807, 2.05) is 18.2 Å². The standard InChI is InChI=1S/C14H18BrNO2/c1-3-10-8-11(15)4-5-12(10)16-14(17)13-9(2)6-7-18-13/h4-5,8-9,13H,3,6-7H2,1-2H3,(H,16,17). The van der Waals surface area contributed by atoms with Gasteiger partial charge in [0.25, 0.3) is 5.91 Å². The highest BCUT2D eigenvalue weighted by molar-refractivity contribution is 9.10. The second-order valence-electron chi connectivity index (χ2n) is 4.70. The lowest BCUT2D eigenvalue weighted by atomic mass is 10.0. The fraction of sp³-hybridized carbons (Fsp3) is 0.500. The summed E-state index contributed by atoms with van der Waals surface area (Å²) in [6, 6.07) is 5.91. The first-order chi connectivity index (χ1) is 8.61. The summed E-state index contributed by atoms with van der Waals surface area (Å²) in [5.74, 6) is 0.266. The maximum Gasteiger partial charge on any atom is 0.253 e. The van der Waals surface area contributed by atoms with Gasteiger partial charge in [0.1, 0.15) is 6.10 Å². The predicted molar refractivity (Wildman–Crippen MR) is 75.7 cm³/mol. The minimum atomic E-state index is -0.307. The summed E-state index contributed by atoms with van der Waals surface area (Å²) in [5, 5.41) is 2.98. The van der Waals surface area contributed by atoms with E-state index in [4.69, 9.17) is 4.74 Å². The van der Waals surface area contributed by atoms with Crippen molar-refractivity contribution in [1.82, 2.24) is 0 Å². The molecule has 1 aromatic carbocycles. The molecule has 2 atom stereocenters. The maximum atomic E-state index is 12.1. The van der Waals surface area contributed by atoms with E-state index in [1.165, 1.54) is 0 Å². The normalized spacial score (nSPS) is 23.1. The van der Waals surface area contributed by atoms with Gasteiger partial charge in [-0.1, -0.05) is 29.8 Å². The van der Waals surface area contributed by atoms with E-state index in [9.17, 15) is 4.79 Å². The van der Waals surface area contributed by atoms with Crippen LogP contribution in [0.4, 0.5) is 5.69 Å². The summed E-state index contributed by atoms with van der Waals surface area (Å²) >= 11 is 3.44. The first kappa shape index (κ1) is 13.6. The molecule has 0 aliphatic carbocycles. The van der Waals surface area contributed by atoms with Crippen LogP contribution < -0.4 is 5.32 Å². The molecule has 1 fully saturated rings. The summed E-state index contributed by atoms with van der Waals surface area (Å²) in [6.45, 7) is 4.81. The molecule has 2 rings (SSSR count). The quantitative estimate of drug-likeness (QED) is 0.929. The van der Waals surface area contributed by atoms with E-state index in [0.29, 0.717) is 12.5 Å². The first-order valence-corrected chi connectivity index (χ1v) is 7.12. The molecular formula is C14H18BrNO2. The third kappa shape index (κ3) is 2.93. The van der Waals surface area contributed by atoms with Crippen molar-refractivity contribution in [3.63, 3.8) is 0 Å². The number of amides is 1. The molecular weight excluding hydrogens is 294 g/mol. The van der Waals surface area contributed by atoms with Crippen LogP contribution in [0.2, 0.25) is 0 Å². The average molecular weight is 312 g/mol. The van der Waals surface area contributed by atoms with Crippen LogP contribution in [0.5, 0.6) is 0 Å². The molecule has 2 unspecified atom stereocenters. The van der Waals surface area contributed by atoms with Crippen LogP contribution in [0.15, 0.2) is 22.7 Å². The summed E-state index contributed by atoms with van der Waals surface area (Å²) in [5.41, 5.74) is 2.01. The predicted octanol–water partition coefficient (Wildman–Crippen LogP) is 3.38. The molecule has 0 spiro atoms. The minimum absolute atomic E-state index is 0.0305. The highest BCUT2D eigenvalue weighted by atomic mass is 79.9. The Labute approximate surface area is 116 Å². The van der Waals surface area contributed by atoms with Crippen LogP contribution in [0, 0.1) is 5.92 Å². The first-order valence-electron chi connectivity index (χ1n) is 6.32. The van der Waals surface area contributed by atoms with Gasteiger partial charge in [-0.15, -0.1) is 0 Å². The van der Waals surface area contributed by atoms with Crippen molar-refractivity contribution in [3.8, 4) is 0 Å². The Morgan fingerprint density at radius 3 is 2.94 bits per heavy atom. The summed E-state index contributed by atoms with van der Waals surface area (Å²) < 4.78 is 6.51. The maximum absolute atomic E-state index is 12.1. The molecule has 18 heavy (non-hydrogen) atoms. The molecule has 4 heteroatoms. The van der Waals surface area contributed by atoms with Gasteiger partial charge in [-0.2, -0.15) is 0 Å². The Kier molecular flexibility index (Phi) is 4.40. The topological polar surface area (TPSA) is 38.3 Å². The molecule has 1 aliphatic rings. The SMILES string of the molecule is CCc1cc(Br)ccc1NC(=O)C1OCCC1C. The number of rotatable bonds is 3. The van der Waals surface area contributed by atoms with Crippen molar-refractivity contribution in [2.24, 2.45) is 5.92 Å². The molecule has 1 aromatic rings. The number of ether oxygens (including phenoxy) is 1. The number of nitrogens with one attached hydrogen (secondary N) is 1. The molecule has 0 saturated carbocycles. The van der Waals surface area contributed by atoms with Crippen LogP contribution in [0.1, 0.15) is 25.8 Å². The van der Waals surface area contributed by atoms with Crippen LogP contribution >= 0.6 is 15.9 Å². The Morgan fingerprint density at radius 2 is 2.33 bits per heavy atom. The number of hydrogen-bond donors (Lipinski definition) is 1. The Hall–Kier alpha value is -0.870. The molecule has 98 valence electrons. The number of halogens is 1. The highest BCUT2D eigenvalue weighted by Gasteiger charge is 2.31. The number of carbonyl (C=O) groups is 1. The smallest absolute Gasteiger partial charge is 0.253 e. The second-order valence-corrected chi connectivity index (χ2v) is 5.62. The zero-order valence-corrected chi connectivity index (χ0v) is 12.3. The largest absolute Gasteiger partial charge is 0.368 e. The van der Waals surface area contributed by atoms with Crippen molar-refractivity contribution in [1.29, 1.82) is 0 Å². The van der Waals surface area contributed by atoms with Crippen LogP contribution in [-0.4, -0.2) is 18.6 Å².